The maximum atomic E-state index is 5.75. The van der Waals surface area contributed by atoms with Gasteiger partial charge < -0.3 is 5.73 Å². The summed E-state index contributed by atoms with van der Waals surface area (Å²) in [5.41, 5.74) is 8.75. The van der Waals surface area contributed by atoms with E-state index in [0.29, 0.717) is 0 Å². The molecule has 2 heteroatoms. The van der Waals surface area contributed by atoms with Gasteiger partial charge in [-0.2, -0.15) is 0 Å². The molecule has 0 aromatic heterocycles. The standard InChI is InChI=1S/C10H13NS.C2H6/c1-3-10(12)8-5-4-7(2)9(11)6-8;1-2/h3-6,12H,11H2,1-2H3;1-2H3/b10-3-;. The van der Waals surface area contributed by atoms with E-state index in [2.05, 4.69) is 12.6 Å². The minimum atomic E-state index is 0.820. The van der Waals surface area contributed by atoms with Gasteiger partial charge in [0.1, 0.15) is 0 Å². The zero-order chi connectivity index (χ0) is 11.1. The molecule has 78 valence electrons. The number of nitrogens with two attached hydrogens (primary N) is 1. The molecule has 0 bridgehead atoms. The van der Waals surface area contributed by atoms with E-state index < -0.39 is 0 Å². The fourth-order valence-electron chi connectivity index (χ4n) is 0.966. The summed E-state index contributed by atoms with van der Waals surface area (Å²) in [7, 11) is 0. The molecule has 1 rings (SSSR count). The Balaban J connectivity index is 0.000000791. The quantitative estimate of drug-likeness (QED) is 0.532. The summed E-state index contributed by atoms with van der Waals surface area (Å²) in [6.45, 7) is 7.95. The Bertz CT molecular complexity index is 316. The molecule has 2 N–H and O–H groups in total. The Morgan fingerprint density at radius 3 is 2.36 bits per heavy atom. The second kappa shape index (κ2) is 6.55. The third-order valence-electron chi connectivity index (χ3n) is 1.85. The highest BCUT2D eigenvalue weighted by atomic mass is 32.1. The first kappa shape index (κ1) is 13.1. The third kappa shape index (κ3) is 3.46. The van der Waals surface area contributed by atoms with E-state index in [1.165, 1.54) is 0 Å². The van der Waals surface area contributed by atoms with Crippen molar-refractivity contribution in [3.05, 3.63) is 35.4 Å². The number of thiol groups is 1. The molecule has 14 heavy (non-hydrogen) atoms. The van der Waals surface area contributed by atoms with Crippen molar-refractivity contribution in [2.75, 3.05) is 5.73 Å². The van der Waals surface area contributed by atoms with Crippen LogP contribution in [0, 0.1) is 6.92 Å². The van der Waals surface area contributed by atoms with E-state index in [0.717, 1.165) is 21.7 Å². The van der Waals surface area contributed by atoms with Gasteiger partial charge in [0.25, 0.3) is 0 Å². The topological polar surface area (TPSA) is 26.0 Å². The SMILES string of the molecule is C/C=C(\S)c1ccc(C)c(N)c1.CC. The van der Waals surface area contributed by atoms with Gasteiger partial charge in [-0.3, -0.25) is 0 Å². The summed E-state index contributed by atoms with van der Waals surface area (Å²) in [5, 5.41) is 0. The van der Waals surface area contributed by atoms with Crippen LogP contribution in [0.15, 0.2) is 24.3 Å². The number of hydrogen-bond donors (Lipinski definition) is 2. The van der Waals surface area contributed by atoms with E-state index in [4.69, 9.17) is 5.73 Å². The van der Waals surface area contributed by atoms with Crippen LogP contribution in [0.1, 0.15) is 31.9 Å². The predicted molar refractivity (Wildman–Crippen MR) is 69.6 cm³/mol. The van der Waals surface area contributed by atoms with Crippen molar-refractivity contribution in [3.63, 3.8) is 0 Å². The summed E-state index contributed by atoms with van der Waals surface area (Å²) in [6.07, 6.45) is 1.95. The smallest absolute Gasteiger partial charge is 0.0350 e. The lowest BCUT2D eigenvalue weighted by molar-refractivity contribution is 1.46. The summed E-state index contributed by atoms with van der Waals surface area (Å²) in [5.74, 6) is 0. The van der Waals surface area contributed by atoms with Crippen LogP contribution in [0.4, 0.5) is 5.69 Å². The molecule has 0 saturated carbocycles. The molecule has 0 radical (unpaired) electrons. The molecule has 0 unspecified atom stereocenters. The minimum absolute atomic E-state index is 0.820. The van der Waals surface area contributed by atoms with E-state index in [-0.39, 0.29) is 0 Å². The van der Waals surface area contributed by atoms with Crippen LogP contribution in [-0.2, 0) is 0 Å². The monoisotopic (exact) mass is 209 g/mol. The molecule has 0 amide bonds. The van der Waals surface area contributed by atoms with Crippen LogP contribution in [0.25, 0.3) is 4.91 Å². The van der Waals surface area contributed by atoms with Crippen LogP contribution in [0.5, 0.6) is 0 Å². The first-order chi connectivity index (χ1) is 6.65. The molecule has 1 aromatic rings. The second-order valence-electron chi connectivity index (χ2n) is 2.75. The normalized spacial score (nSPS) is 10.5. The van der Waals surface area contributed by atoms with Crippen molar-refractivity contribution in [2.24, 2.45) is 0 Å². The lowest BCUT2D eigenvalue weighted by atomic mass is 10.1. The molecular weight excluding hydrogens is 190 g/mol. The van der Waals surface area contributed by atoms with Gasteiger partial charge >= 0.3 is 0 Å². The largest absolute Gasteiger partial charge is 0.398 e. The number of aryl methyl sites for hydroxylation is 1. The summed E-state index contributed by atoms with van der Waals surface area (Å²) < 4.78 is 0. The van der Waals surface area contributed by atoms with Crippen LogP contribution < -0.4 is 5.73 Å². The minimum Gasteiger partial charge on any atom is -0.398 e. The van der Waals surface area contributed by atoms with E-state index in [1.54, 1.807) is 0 Å². The summed E-state index contributed by atoms with van der Waals surface area (Å²) in [4.78, 5) is 0.960. The van der Waals surface area contributed by atoms with Crippen molar-refractivity contribution in [3.8, 4) is 0 Å². The van der Waals surface area contributed by atoms with Crippen LogP contribution in [-0.4, -0.2) is 0 Å². The van der Waals surface area contributed by atoms with E-state index >= 15 is 0 Å². The van der Waals surface area contributed by atoms with E-state index in [1.807, 2.05) is 52.0 Å². The average molecular weight is 209 g/mol. The van der Waals surface area contributed by atoms with Gasteiger partial charge in [-0.25, -0.2) is 0 Å². The second-order valence-corrected chi connectivity index (χ2v) is 3.23. The lowest BCUT2D eigenvalue weighted by Crippen LogP contribution is -1.90. The van der Waals surface area contributed by atoms with Crippen LogP contribution in [0.3, 0.4) is 0 Å². The molecule has 0 atom stereocenters. The third-order valence-corrected chi connectivity index (χ3v) is 2.36. The van der Waals surface area contributed by atoms with Gasteiger partial charge in [0, 0.05) is 10.6 Å². The van der Waals surface area contributed by atoms with Gasteiger partial charge in [0.2, 0.25) is 0 Å². The van der Waals surface area contributed by atoms with Gasteiger partial charge in [-0.15, -0.1) is 12.6 Å². The first-order valence-electron chi connectivity index (χ1n) is 4.87. The van der Waals surface area contributed by atoms with Crippen LogP contribution in [0.2, 0.25) is 0 Å². The number of nitrogen functional groups attached to an aromatic ring is 1. The Kier molecular flexibility index (Phi) is 6.13. The molecule has 1 aromatic carbocycles. The molecule has 1 nitrogen and oxygen atoms in total. The fraction of sp³-hybridized carbons (Fsp3) is 0.333. The van der Waals surface area contributed by atoms with Gasteiger partial charge in [0.15, 0.2) is 0 Å². The van der Waals surface area contributed by atoms with Gasteiger partial charge in [-0.05, 0) is 31.0 Å². The highest BCUT2D eigenvalue weighted by molar-refractivity contribution is 7.90. The molecule has 0 aliphatic rings. The fourth-order valence-corrected chi connectivity index (χ4v) is 1.11. The predicted octanol–water partition coefficient (Wildman–Crippen LogP) is 3.89. The number of hydrogen-bond acceptors (Lipinski definition) is 2. The maximum absolute atomic E-state index is 5.75. The number of benzene rings is 1. The average Bonchev–Trinajstić information content (AvgIpc) is 2.24. The molecule has 0 heterocycles. The molecule has 0 spiro atoms. The van der Waals surface area contributed by atoms with Crippen molar-refractivity contribution >= 4 is 23.2 Å². The zero-order valence-electron chi connectivity index (χ0n) is 9.33. The molecular formula is C12H19NS. The lowest BCUT2D eigenvalue weighted by Gasteiger charge is -2.03. The highest BCUT2D eigenvalue weighted by Crippen LogP contribution is 2.22. The number of allylic oxidation sites excluding steroid dienone is 1. The Hall–Kier alpha value is -0.890. The number of anilines is 1. The highest BCUT2D eigenvalue weighted by Gasteiger charge is 1.97. The van der Waals surface area contributed by atoms with E-state index in [9.17, 15) is 0 Å². The Morgan fingerprint density at radius 1 is 1.36 bits per heavy atom. The Morgan fingerprint density at radius 2 is 1.93 bits per heavy atom. The first-order valence-corrected chi connectivity index (χ1v) is 5.31. The van der Waals surface area contributed by atoms with Crippen molar-refractivity contribution in [1.29, 1.82) is 0 Å². The summed E-state index contributed by atoms with van der Waals surface area (Å²) in [6, 6.07) is 5.97. The molecule has 0 fully saturated rings. The van der Waals surface area contributed by atoms with Gasteiger partial charge in [-0.1, -0.05) is 32.1 Å². The Labute approximate surface area is 92.4 Å². The zero-order valence-corrected chi connectivity index (χ0v) is 10.2. The maximum Gasteiger partial charge on any atom is 0.0350 e. The molecule has 0 saturated heterocycles. The van der Waals surface area contributed by atoms with Crippen molar-refractivity contribution < 1.29 is 0 Å². The van der Waals surface area contributed by atoms with Gasteiger partial charge in [0.05, 0.1) is 0 Å². The van der Waals surface area contributed by atoms with Crippen LogP contribution >= 0.6 is 12.6 Å². The molecule has 0 aliphatic heterocycles. The summed E-state index contributed by atoms with van der Waals surface area (Å²) >= 11 is 4.31. The number of rotatable bonds is 1. The van der Waals surface area contributed by atoms with Crippen molar-refractivity contribution in [2.45, 2.75) is 27.7 Å². The van der Waals surface area contributed by atoms with Crippen molar-refractivity contribution in [1.82, 2.24) is 0 Å². The molecule has 0 aliphatic carbocycles.